The number of likely N-dealkylation sites (N-methyl/N-ethyl adjacent to an activating group) is 1. The Hall–Kier alpha value is -2.41. The van der Waals surface area contributed by atoms with Gasteiger partial charge in [-0.2, -0.15) is 0 Å². The number of nitrogens with zero attached hydrogens (tertiary/aromatic N) is 1. The zero-order valence-corrected chi connectivity index (χ0v) is 14.3. The third-order valence-corrected chi connectivity index (χ3v) is 4.62. The summed E-state index contributed by atoms with van der Waals surface area (Å²) >= 11 is 0. The van der Waals surface area contributed by atoms with Crippen LogP contribution >= 0.6 is 0 Å². The second kappa shape index (κ2) is 7.44. The zero-order valence-electron chi connectivity index (χ0n) is 13.5. The number of rotatable bonds is 6. The molecule has 0 aliphatic heterocycles. The lowest BCUT2D eigenvalue weighted by molar-refractivity contribution is -0.127. The Morgan fingerprint density at radius 1 is 1.08 bits per heavy atom. The summed E-state index contributed by atoms with van der Waals surface area (Å²) in [5, 5.41) is 0. The number of amides is 1. The lowest BCUT2D eigenvalue weighted by atomic mass is 10.1. The molecule has 0 aliphatic rings. The maximum Gasteiger partial charge on any atom is 0.237 e. The SMILES string of the molecule is CN(C)C(=O)Cc1ccc(NS(=O)(=O)Cc2ccccc2F)cc1. The molecular formula is C17H19FN2O3S. The predicted molar refractivity (Wildman–Crippen MR) is 91.5 cm³/mol. The molecule has 1 amide bonds. The van der Waals surface area contributed by atoms with Crippen molar-refractivity contribution in [2.45, 2.75) is 12.2 Å². The Morgan fingerprint density at radius 2 is 1.71 bits per heavy atom. The van der Waals surface area contributed by atoms with Crippen LogP contribution in [0.2, 0.25) is 0 Å². The summed E-state index contributed by atoms with van der Waals surface area (Å²) in [6, 6.07) is 12.3. The summed E-state index contributed by atoms with van der Waals surface area (Å²) in [4.78, 5) is 13.1. The van der Waals surface area contributed by atoms with Gasteiger partial charge in [0.25, 0.3) is 0 Å². The second-order valence-corrected chi connectivity index (χ2v) is 7.34. The third kappa shape index (κ3) is 5.06. The minimum absolute atomic E-state index is 0.0390. The van der Waals surface area contributed by atoms with Crippen LogP contribution in [0.1, 0.15) is 11.1 Å². The minimum Gasteiger partial charge on any atom is -0.349 e. The molecule has 0 fully saturated rings. The summed E-state index contributed by atoms with van der Waals surface area (Å²) in [6.07, 6.45) is 0.245. The fourth-order valence-electron chi connectivity index (χ4n) is 2.06. The zero-order chi connectivity index (χ0) is 17.7. The molecule has 128 valence electrons. The number of hydrogen-bond acceptors (Lipinski definition) is 3. The Morgan fingerprint density at radius 3 is 2.29 bits per heavy atom. The number of carbonyl (C=O) groups excluding carboxylic acids is 1. The molecule has 2 rings (SSSR count). The first-order chi connectivity index (χ1) is 11.3. The molecule has 0 spiro atoms. The van der Waals surface area contributed by atoms with Crippen LogP contribution in [-0.2, 0) is 27.0 Å². The van der Waals surface area contributed by atoms with E-state index in [0.29, 0.717) is 5.69 Å². The maximum absolute atomic E-state index is 13.6. The standard InChI is InChI=1S/C17H19FN2O3S/c1-20(2)17(21)11-13-7-9-15(10-8-13)19-24(22,23)12-14-5-3-4-6-16(14)18/h3-10,19H,11-12H2,1-2H3. The van der Waals surface area contributed by atoms with Gasteiger partial charge in [0, 0.05) is 25.3 Å². The van der Waals surface area contributed by atoms with Crippen molar-refractivity contribution in [3.05, 3.63) is 65.5 Å². The molecule has 2 aromatic carbocycles. The molecule has 2 aromatic rings. The fraction of sp³-hybridized carbons (Fsp3) is 0.235. The molecule has 7 heteroatoms. The van der Waals surface area contributed by atoms with E-state index < -0.39 is 21.6 Å². The van der Waals surface area contributed by atoms with Crippen LogP contribution in [0.4, 0.5) is 10.1 Å². The van der Waals surface area contributed by atoms with E-state index in [1.165, 1.54) is 23.1 Å². The van der Waals surface area contributed by atoms with Crippen molar-refractivity contribution in [2.75, 3.05) is 18.8 Å². The average molecular weight is 350 g/mol. The molecule has 0 aliphatic carbocycles. The summed E-state index contributed by atoms with van der Waals surface area (Å²) in [5.74, 6) is -1.04. The lowest BCUT2D eigenvalue weighted by Gasteiger charge is -2.11. The van der Waals surface area contributed by atoms with E-state index in [2.05, 4.69) is 4.72 Å². The highest BCUT2D eigenvalue weighted by atomic mass is 32.2. The average Bonchev–Trinajstić information content (AvgIpc) is 2.51. The molecule has 0 aromatic heterocycles. The quantitative estimate of drug-likeness (QED) is 0.870. The monoisotopic (exact) mass is 350 g/mol. The number of carbonyl (C=O) groups is 1. The number of benzene rings is 2. The number of hydrogen-bond donors (Lipinski definition) is 1. The molecule has 0 radical (unpaired) electrons. The molecule has 0 atom stereocenters. The van der Waals surface area contributed by atoms with Gasteiger partial charge in [0.05, 0.1) is 12.2 Å². The molecule has 5 nitrogen and oxygen atoms in total. The fourth-order valence-corrected chi connectivity index (χ4v) is 3.27. The van der Waals surface area contributed by atoms with Crippen molar-refractivity contribution in [3.63, 3.8) is 0 Å². The predicted octanol–water partition coefficient (Wildman–Crippen LogP) is 2.40. The summed E-state index contributed by atoms with van der Waals surface area (Å²) in [5.41, 5.74) is 1.26. The van der Waals surface area contributed by atoms with E-state index >= 15 is 0 Å². The van der Waals surface area contributed by atoms with Gasteiger partial charge >= 0.3 is 0 Å². The van der Waals surface area contributed by atoms with Crippen LogP contribution in [-0.4, -0.2) is 33.3 Å². The van der Waals surface area contributed by atoms with Gasteiger partial charge in [-0.05, 0) is 23.8 Å². The normalized spacial score (nSPS) is 11.1. The van der Waals surface area contributed by atoms with E-state index in [4.69, 9.17) is 0 Å². The van der Waals surface area contributed by atoms with E-state index in [9.17, 15) is 17.6 Å². The summed E-state index contributed by atoms with van der Waals surface area (Å²) in [7, 11) is -0.376. The van der Waals surface area contributed by atoms with Crippen molar-refractivity contribution >= 4 is 21.6 Å². The topological polar surface area (TPSA) is 66.5 Å². The molecule has 0 saturated heterocycles. The molecule has 0 heterocycles. The van der Waals surface area contributed by atoms with E-state index in [1.807, 2.05) is 0 Å². The number of nitrogens with one attached hydrogen (secondary N) is 1. The van der Waals surface area contributed by atoms with Crippen LogP contribution in [0, 0.1) is 5.82 Å². The van der Waals surface area contributed by atoms with Crippen molar-refractivity contribution in [1.29, 1.82) is 0 Å². The Kier molecular flexibility index (Phi) is 5.56. The van der Waals surface area contributed by atoms with Gasteiger partial charge in [-0.3, -0.25) is 9.52 Å². The Bertz CT molecular complexity index is 818. The Balaban J connectivity index is 2.05. The molecule has 0 saturated carbocycles. The number of sulfonamides is 1. The van der Waals surface area contributed by atoms with Gasteiger partial charge in [-0.15, -0.1) is 0 Å². The van der Waals surface area contributed by atoms with Crippen molar-refractivity contribution in [3.8, 4) is 0 Å². The highest BCUT2D eigenvalue weighted by molar-refractivity contribution is 7.91. The van der Waals surface area contributed by atoms with E-state index in [-0.39, 0.29) is 17.9 Å². The highest BCUT2D eigenvalue weighted by Crippen LogP contribution is 2.16. The van der Waals surface area contributed by atoms with Crippen molar-refractivity contribution < 1.29 is 17.6 Å². The summed E-state index contributed by atoms with van der Waals surface area (Å²) in [6.45, 7) is 0. The van der Waals surface area contributed by atoms with Crippen LogP contribution < -0.4 is 4.72 Å². The molecule has 0 bridgehead atoms. The largest absolute Gasteiger partial charge is 0.349 e. The van der Waals surface area contributed by atoms with Gasteiger partial charge < -0.3 is 4.90 Å². The van der Waals surface area contributed by atoms with Crippen LogP contribution in [0.15, 0.2) is 48.5 Å². The summed E-state index contributed by atoms with van der Waals surface area (Å²) < 4.78 is 40.2. The van der Waals surface area contributed by atoms with Crippen LogP contribution in [0.5, 0.6) is 0 Å². The molecule has 0 unspecified atom stereocenters. The maximum atomic E-state index is 13.6. The van der Waals surface area contributed by atoms with E-state index in [0.717, 1.165) is 5.56 Å². The highest BCUT2D eigenvalue weighted by Gasteiger charge is 2.14. The second-order valence-electron chi connectivity index (χ2n) is 5.61. The lowest BCUT2D eigenvalue weighted by Crippen LogP contribution is -2.23. The molecule has 1 N–H and O–H groups in total. The minimum atomic E-state index is -3.72. The van der Waals surface area contributed by atoms with Gasteiger partial charge in [0.15, 0.2) is 0 Å². The first-order valence-electron chi connectivity index (χ1n) is 7.30. The first-order valence-corrected chi connectivity index (χ1v) is 8.95. The smallest absolute Gasteiger partial charge is 0.237 e. The molecular weight excluding hydrogens is 331 g/mol. The van der Waals surface area contributed by atoms with Gasteiger partial charge in [0.1, 0.15) is 5.82 Å². The third-order valence-electron chi connectivity index (χ3n) is 3.38. The Labute approximate surface area is 141 Å². The first kappa shape index (κ1) is 17.9. The van der Waals surface area contributed by atoms with Crippen molar-refractivity contribution in [2.24, 2.45) is 0 Å². The number of anilines is 1. The van der Waals surface area contributed by atoms with E-state index in [1.54, 1.807) is 44.4 Å². The van der Waals surface area contributed by atoms with Gasteiger partial charge in [-0.1, -0.05) is 30.3 Å². The van der Waals surface area contributed by atoms with Gasteiger partial charge in [-0.25, -0.2) is 12.8 Å². The van der Waals surface area contributed by atoms with Crippen LogP contribution in [0.25, 0.3) is 0 Å². The molecule has 24 heavy (non-hydrogen) atoms. The van der Waals surface area contributed by atoms with Crippen molar-refractivity contribution in [1.82, 2.24) is 4.90 Å². The van der Waals surface area contributed by atoms with Crippen LogP contribution in [0.3, 0.4) is 0 Å². The van der Waals surface area contributed by atoms with Gasteiger partial charge in [0.2, 0.25) is 15.9 Å². The number of halogens is 1.